The van der Waals surface area contributed by atoms with Gasteiger partial charge in [0, 0.05) is 22.7 Å². The summed E-state index contributed by atoms with van der Waals surface area (Å²) < 4.78 is 0. The van der Waals surface area contributed by atoms with Crippen LogP contribution in [0.1, 0.15) is 38.3 Å². The van der Waals surface area contributed by atoms with E-state index in [1.807, 2.05) is 30.5 Å². The van der Waals surface area contributed by atoms with Crippen molar-refractivity contribution in [2.45, 2.75) is 32.7 Å². The number of hydrogen-bond donors (Lipinski definition) is 1. The standard InChI is InChI=1S/C17H19ClN2OS/c1-17(2)8-12-14(13(21)9-17)15(20-16(19-12)22-3)10-4-6-11(18)7-5-10/h4-7,15H,8-9H2,1-3H3,(H,19,20). The highest BCUT2D eigenvalue weighted by atomic mass is 35.5. The van der Waals surface area contributed by atoms with Crippen molar-refractivity contribution in [3.8, 4) is 0 Å². The third-order valence-corrected chi connectivity index (χ3v) is 4.92. The topological polar surface area (TPSA) is 41.5 Å². The SMILES string of the molecule is CSC1=NC(c2ccc(Cl)cc2)C2=C(CC(C)(C)CC2=O)N1. The number of halogens is 1. The third-order valence-electron chi connectivity index (χ3n) is 4.08. The number of benzene rings is 1. The summed E-state index contributed by atoms with van der Waals surface area (Å²) >= 11 is 7.55. The Morgan fingerprint density at radius 3 is 2.59 bits per heavy atom. The molecule has 1 atom stereocenters. The molecule has 1 unspecified atom stereocenters. The van der Waals surface area contributed by atoms with Crippen LogP contribution in [-0.4, -0.2) is 17.2 Å². The van der Waals surface area contributed by atoms with Crippen molar-refractivity contribution in [3.63, 3.8) is 0 Å². The molecule has 1 aliphatic carbocycles. The Kier molecular flexibility index (Phi) is 4.08. The molecular weight excluding hydrogens is 316 g/mol. The molecule has 1 heterocycles. The van der Waals surface area contributed by atoms with Gasteiger partial charge in [0.15, 0.2) is 11.0 Å². The van der Waals surface area contributed by atoms with Gasteiger partial charge >= 0.3 is 0 Å². The van der Waals surface area contributed by atoms with Gasteiger partial charge in [0.25, 0.3) is 0 Å². The van der Waals surface area contributed by atoms with Gasteiger partial charge < -0.3 is 5.32 Å². The molecule has 0 amide bonds. The molecule has 5 heteroatoms. The van der Waals surface area contributed by atoms with E-state index in [4.69, 9.17) is 16.6 Å². The molecule has 0 bridgehead atoms. The summed E-state index contributed by atoms with van der Waals surface area (Å²) in [6, 6.07) is 7.39. The lowest BCUT2D eigenvalue weighted by atomic mass is 9.73. The fourth-order valence-electron chi connectivity index (χ4n) is 3.10. The molecule has 3 rings (SSSR count). The van der Waals surface area contributed by atoms with Crippen LogP contribution in [0.25, 0.3) is 0 Å². The maximum Gasteiger partial charge on any atom is 0.163 e. The minimum Gasteiger partial charge on any atom is -0.338 e. The molecule has 0 saturated carbocycles. The Hall–Kier alpha value is -1.26. The number of thioether (sulfide) groups is 1. The largest absolute Gasteiger partial charge is 0.338 e. The van der Waals surface area contributed by atoms with Crippen LogP contribution in [-0.2, 0) is 4.79 Å². The number of allylic oxidation sites excluding steroid dienone is 1. The smallest absolute Gasteiger partial charge is 0.163 e. The summed E-state index contributed by atoms with van der Waals surface area (Å²) in [6.07, 6.45) is 3.44. The maximum atomic E-state index is 12.7. The summed E-state index contributed by atoms with van der Waals surface area (Å²) in [5.41, 5.74) is 2.85. The number of amidine groups is 1. The zero-order chi connectivity index (χ0) is 15.9. The Bertz CT molecular complexity index is 676. The van der Waals surface area contributed by atoms with Gasteiger partial charge in [-0.1, -0.05) is 49.3 Å². The summed E-state index contributed by atoms with van der Waals surface area (Å²) in [7, 11) is 0. The first-order valence-electron chi connectivity index (χ1n) is 7.30. The Labute approximate surface area is 140 Å². The Balaban J connectivity index is 2.07. The molecule has 22 heavy (non-hydrogen) atoms. The van der Waals surface area contributed by atoms with E-state index in [0.717, 1.165) is 28.4 Å². The lowest BCUT2D eigenvalue weighted by molar-refractivity contribution is -0.118. The van der Waals surface area contributed by atoms with E-state index in [0.29, 0.717) is 11.4 Å². The Morgan fingerprint density at radius 1 is 1.27 bits per heavy atom. The first-order valence-corrected chi connectivity index (χ1v) is 8.90. The average Bonchev–Trinajstić information content (AvgIpc) is 2.45. The molecule has 0 fully saturated rings. The highest BCUT2D eigenvalue weighted by Crippen LogP contribution is 2.43. The molecule has 0 spiro atoms. The highest BCUT2D eigenvalue weighted by molar-refractivity contribution is 8.13. The number of hydrogen-bond acceptors (Lipinski definition) is 4. The van der Waals surface area contributed by atoms with Gasteiger partial charge in [-0.3, -0.25) is 4.79 Å². The van der Waals surface area contributed by atoms with E-state index < -0.39 is 0 Å². The van der Waals surface area contributed by atoms with Crippen molar-refractivity contribution >= 4 is 34.3 Å². The highest BCUT2D eigenvalue weighted by Gasteiger charge is 2.39. The number of aliphatic imine (C=N–C) groups is 1. The summed E-state index contributed by atoms with van der Waals surface area (Å²) in [5, 5.41) is 4.90. The van der Waals surface area contributed by atoms with Gasteiger partial charge in [-0.2, -0.15) is 0 Å². The molecule has 1 aliphatic heterocycles. The third kappa shape index (κ3) is 2.95. The van der Waals surface area contributed by atoms with Crippen molar-refractivity contribution in [2.24, 2.45) is 10.4 Å². The molecule has 1 aromatic carbocycles. The second-order valence-corrected chi connectivity index (χ2v) is 7.78. The molecular formula is C17H19ClN2OS. The predicted molar refractivity (Wildman–Crippen MR) is 93.3 cm³/mol. The van der Waals surface area contributed by atoms with Gasteiger partial charge in [-0.15, -0.1) is 0 Å². The maximum absolute atomic E-state index is 12.7. The van der Waals surface area contributed by atoms with Crippen LogP contribution in [0, 0.1) is 5.41 Å². The van der Waals surface area contributed by atoms with Crippen LogP contribution >= 0.6 is 23.4 Å². The number of nitrogens with one attached hydrogen (secondary N) is 1. The van der Waals surface area contributed by atoms with E-state index in [1.165, 1.54) is 0 Å². The quantitative estimate of drug-likeness (QED) is 0.830. The number of carbonyl (C=O) groups is 1. The van der Waals surface area contributed by atoms with Gasteiger partial charge in [0.05, 0.1) is 0 Å². The molecule has 1 N–H and O–H groups in total. The van der Waals surface area contributed by atoms with E-state index in [9.17, 15) is 4.79 Å². The Morgan fingerprint density at radius 2 is 1.95 bits per heavy atom. The van der Waals surface area contributed by atoms with E-state index >= 15 is 0 Å². The predicted octanol–water partition coefficient (Wildman–Crippen LogP) is 4.35. The van der Waals surface area contributed by atoms with E-state index in [-0.39, 0.29) is 17.2 Å². The van der Waals surface area contributed by atoms with Crippen molar-refractivity contribution in [3.05, 3.63) is 46.1 Å². The molecule has 116 valence electrons. The number of ketones is 1. The summed E-state index contributed by atoms with van der Waals surface area (Å²) in [5.74, 6) is 0.197. The van der Waals surface area contributed by atoms with Crippen molar-refractivity contribution in [1.82, 2.24) is 5.32 Å². The van der Waals surface area contributed by atoms with Gasteiger partial charge in [0.1, 0.15) is 6.04 Å². The molecule has 1 aromatic rings. The van der Waals surface area contributed by atoms with Crippen molar-refractivity contribution < 1.29 is 4.79 Å². The average molecular weight is 335 g/mol. The van der Waals surface area contributed by atoms with Crippen LogP contribution in [0.2, 0.25) is 5.02 Å². The lowest BCUT2D eigenvalue weighted by Crippen LogP contribution is -2.38. The molecule has 0 saturated heterocycles. The fraction of sp³-hybridized carbons (Fsp3) is 0.412. The normalized spacial score (nSPS) is 23.7. The van der Waals surface area contributed by atoms with Crippen LogP contribution in [0.3, 0.4) is 0 Å². The van der Waals surface area contributed by atoms with Crippen LogP contribution < -0.4 is 5.32 Å². The van der Waals surface area contributed by atoms with Crippen molar-refractivity contribution in [1.29, 1.82) is 0 Å². The minimum absolute atomic E-state index is 0.00563. The second-order valence-electron chi connectivity index (χ2n) is 6.55. The second kappa shape index (κ2) is 5.74. The van der Waals surface area contributed by atoms with Gasteiger partial charge in [0.2, 0.25) is 0 Å². The van der Waals surface area contributed by atoms with E-state index in [1.54, 1.807) is 11.8 Å². The number of rotatable bonds is 1. The number of carbonyl (C=O) groups excluding carboxylic acids is 1. The van der Waals surface area contributed by atoms with Crippen LogP contribution in [0.5, 0.6) is 0 Å². The van der Waals surface area contributed by atoms with Gasteiger partial charge in [-0.25, -0.2) is 4.99 Å². The van der Waals surface area contributed by atoms with Gasteiger partial charge in [-0.05, 0) is 35.8 Å². The zero-order valence-corrected chi connectivity index (χ0v) is 14.5. The number of nitrogens with zero attached hydrogens (tertiary/aromatic N) is 1. The van der Waals surface area contributed by atoms with Crippen LogP contribution in [0.4, 0.5) is 0 Å². The fourth-order valence-corrected chi connectivity index (χ4v) is 3.66. The van der Waals surface area contributed by atoms with E-state index in [2.05, 4.69) is 19.2 Å². The van der Waals surface area contributed by atoms with Crippen LogP contribution in [0.15, 0.2) is 40.5 Å². The molecule has 0 aromatic heterocycles. The minimum atomic E-state index is -0.223. The number of Topliss-reactive ketones (excluding diaryl/α,β-unsaturated/α-hetero) is 1. The molecule has 0 radical (unpaired) electrons. The molecule has 2 aliphatic rings. The zero-order valence-electron chi connectivity index (χ0n) is 12.9. The van der Waals surface area contributed by atoms with Crippen molar-refractivity contribution in [2.75, 3.05) is 6.26 Å². The molecule has 3 nitrogen and oxygen atoms in total. The first kappa shape index (κ1) is 15.6. The lowest BCUT2D eigenvalue weighted by Gasteiger charge is -2.37. The summed E-state index contributed by atoms with van der Waals surface area (Å²) in [4.78, 5) is 17.4. The monoisotopic (exact) mass is 334 g/mol. The summed E-state index contributed by atoms with van der Waals surface area (Å²) in [6.45, 7) is 4.27. The first-order chi connectivity index (χ1) is 10.4.